The molecular formula is C15H18FN3O2. The lowest BCUT2D eigenvalue weighted by atomic mass is 10.00. The van der Waals surface area contributed by atoms with Crippen molar-refractivity contribution in [2.45, 2.75) is 26.3 Å². The molecule has 3 heterocycles. The van der Waals surface area contributed by atoms with E-state index < -0.39 is 11.9 Å². The number of aromatic carboxylic acids is 1. The summed E-state index contributed by atoms with van der Waals surface area (Å²) in [6, 6.07) is 1.60. The van der Waals surface area contributed by atoms with Gasteiger partial charge in [0.05, 0.1) is 6.20 Å². The second kappa shape index (κ2) is 5.44. The lowest BCUT2D eigenvalue weighted by Gasteiger charge is -2.30. The number of aromatic nitrogens is 2. The molecule has 5 nitrogen and oxygen atoms in total. The molecule has 112 valence electrons. The molecule has 1 aliphatic rings. The number of piperidine rings is 1. The highest BCUT2D eigenvalue weighted by molar-refractivity contribution is 5.94. The number of hydrogen-bond donors (Lipinski definition) is 1. The van der Waals surface area contributed by atoms with Gasteiger partial charge in [-0.2, -0.15) is 4.39 Å². The third kappa shape index (κ3) is 2.76. The van der Waals surface area contributed by atoms with Crippen LogP contribution in [0.4, 0.5) is 4.39 Å². The number of pyridine rings is 1. The van der Waals surface area contributed by atoms with Gasteiger partial charge in [-0.25, -0.2) is 9.78 Å². The van der Waals surface area contributed by atoms with Crippen molar-refractivity contribution in [2.75, 3.05) is 13.1 Å². The van der Waals surface area contributed by atoms with Crippen LogP contribution in [-0.4, -0.2) is 38.4 Å². The molecule has 0 aliphatic carbocycles. The Morgan fingerprint density at radius 1 is 1.57 bits per heavy atom. The SMILES string of the molecule is C[C@H]1CCCN(Cc2cc(C(=O)O)c3ncc(F)n3c2)C1. The van der Waals surface area contributed by atoms with E-state index in [-0.39, 0.29) is 11.2 Å². The summed E-state index contributed by atoms with van der Waals surface area (Å²) in [4.78, 5) is 17.5. The molecule has 2 aromatic heterocycles. The molecule has 1 aliphatic heterocycles. The van der Waals surface area contributed by atoms with Gasteiger partial charge in [0.2, 0.25) is 5.95 Å². The van der Waals surface area contributed by atoms with E-state index in [9.17, 15) is 14.3 Å². The topological polar surface area (TPSA) is 57.8 Å². The summed E-state index contributed by atoms with van der Waals surface area (Å²) < 4.78 is 14.9. The number of carbonyl (C=O) groups is 1. The Morgan fingerprint density at radius 3 is 3.10 bits per heavy atom. The Hall–Kier alpha value is -1.95. The van der Waals surface area contributed by atoms with Crippen molar-refractivity contribution >= 4 is 11.6 Å². The lowest BCUT2D eigenvalue weighted by Crippen LogP contribution is -2.33. The Bertz CT molecular complexity index is 683. The van der Waals surface area contributed by atoms with Gasteiger partial charge in [0.1, 0.15) is 5.56 Å². The van der Waals surface area contributed by atoms with Crippen LogP contribution in [0.5, 0.6) is 0 Å². The molecule has 0 saturated carbocycles. The first-order valence-corrected chi connectivity index (χ1v) is 7.15. The van der Waals surface area contributed by atoms with Gasteiger partial charge >= 0.3 is 5.97 Å². The Kier molecular flexibility index (Phi) is 3.63. The third-order valence-electron chi connectivity index (χ3n) is 3.99. The lowest BCUT2D eigenvalue weighted by molar-refractivity contribution is 0.0698. The van der Waals surface area contributed by atoms with E-state index >= 15 is 0 Å². The number of rotatable bonds is 3. The molecule has 2 aromatic rings. The summed E-state index contributed by atoms with van der Waals surface area (Å²) in [5.41, 5.74) is 0.989. The van der Waals surface area contributed by atoms with E-state index in [4.69, 9.17) is 0 Å². The van der Waals surface area contributed by atoms with Gasteiger partial charge < -0.3 is 5.11 Å². The normalized spacial score (nSPS) is 20.0. The van der Waals surface area contributed by atoms with E-state index in [1.165, 1.54) is 10.8 Å². The summed E-state index contributed by atoms with van der Waals surface area (Å²) in [5.74, 6) is -0.979. The number of imidazole rings is 1. The van der Waals surface area contributed by atoms with Gasteiger partial charge in [-0.15, -0.1) is 0 Å². The van der Waals surface area contributed by atoms with Gasteiger partial charge in [-0.1, -0.05) is 6.92 Å². The van der Waals surface area contributed by atoms with E-state index in [1.54, 1.807) is 12.3 Å². The fourth-order valence-electron chi connectivity index (χ4n) is 3.05. The largest absolute Gasteiger partial charge is 0.478 e. The molecule has 0 unspecified atom stereocenters. The minimum atomic E-state index is -1.08. The molecule has 0 bridgehead atoms. The first-order chi connectivity index (χ1) is 10.0. The second-order valence-electron chi connectivity index (χ2n) is 5.82. The second-order valence-corrected chi connectivity index (χ2v) is 5.82. The van der Waals surface area contributed by atoms with Crippen molar-refractivity contribution in [3.63, 3.8) is 0 Å². The van der Waals surface area contributed by atoms with Crippen molar-refractivity contribution in [1.82, 2.24) is 14.3 Å². The van der Waals surface area contributed by atoms with Crippen molar-refractivity contribution < 1.29 is 14.3 Å². The smallest absolute Gasteiger partial charge is 0.339 e. The molecule has 0 spiro atoms. The minimum Gasteiger partial charge on any atom is -0.478 e. The molecule has 0 aromatic carbocycles. The molecular weight excluding hydrogens is 273 g/mol. The van der Waals surface area contributed by atoms with Crippen LogP contribution >= 0.6 is 0 Å². The summed E-state index contributed by atoms with van der Waals surface area (Å²) in [6.07, 6.45) is 5.07. The summed E-state index contributed by atoms with van der Waals surface area (Å²) in [5, 5.41) is 9.28. The number of nitrogens with zero attached hydrogens (tertiary/aromatic N) is 3. The van der Waals surface area contributed by atoms with Crippen LogP contribution in [-0.2, 0) is 6.54 Å². The van der Waals surface area contributed by atoms with Gasteiger partial charge in [-0.3, -0.25) is 9.30 Å². The highest BCUT2D eigenvalue weighted by atomic mass is 19.1. The Balaban J connectivity index is 1.94. The molecule has 6 heteroatoms. The summed E-state index contributed by atoms with van der Waals surface area (Å²) in [6.45, 7) is 4.84. The zero-order chi connectivity index (χ0) is 15.0. The number of halogens is 1. The van der Waals surface area contributed by atoms with Crippen LogP contribution in [0.3, 0.4) is 0 Å². The van der Waals surface area contributed by atoms with Crippen LogP contribution in [0.15, 0.2) is 18.5 Å². The van der Waals surface area contributed by atoms with E-state index in [0.29, 0.717) is 12.5 Å². The average molecular weight is 291 g/mol. The summed E-state index contributed by atoms with van der Waals surface area (Å²) >= 11 is 0. The fraction of sp³-hybridized carbons (Fsp3) is 0.467. The molecule has 21 heavy (non-hydrogen) atoms. The zero-order valence-electron chi connectivity index (χ0n) is 11.9. The molecule has 1 N–H and O–H groups in total. The summed E-state index contributed by atoms with van der Waals surface area (Å²) in [7, 11) is 0. The van der Waals surface area contributed by atoms with Gasteiger partial charge in [0.15, 0.2) is 5.65 Å². The van der Waals surface area contributed by atoms with Crippen molar-refractivity contribution in [2.24, 2.45) is 5.92 Å². The zero-order valence-corrected chi connectivity index (χ0v) is 11.9. The highest BCUT2D eigenvalue weighted by Crippen LogP contribution is 2.20. The molecule has 0 radical (unpaired) electrons. The van der Waals surface area contributed by atoms with Crippen molar-refractivity contribution in [3.8, 4) is 0 Å². The maximum absolute atomic E-state index is 13.7. The predicted molar refractivity (Wildman–Crippen MR) is 75.8 cm³/mol. The molecule has 1 atom stereocenters. The first kappa shape index (κ1) is 14.0. The van der Waals surface area contributed by atoms with Crippen LogP contribution in [0.1, 0.15) is 35.7 Å². The Morgan fingerprint density at radius 2 is 2.38 bits per heavy atom. The molecule has 0 amide bonds. The maximum Gasteiger partial charge on any atom is 0.339 e. The number of fused-ring (bicyclic) bond motifs is 1. The number of carboxylic acid groups (broad SMARTS) is 1. The van der Waals surface area contributed by atoms with E-state index in [0.717, 1.165) is 31.3 Å². The predicted octanol–water partition coefficient (Wildman–Crippen LogP) is 2.40. The number of likely N-dealkylation sites (tertiary alicyclic amines) is 1. The van der Waals surface area contributed by atoms with E-state index in [2.05, 4.69) is 16.8 Å². The van der Waals surface area contributed by atoms with Crippen LogP contribution in [0, 0.1) is 11.9 Å². The van der Waals surface area contributed by atoms with Crippen LogP contribution < -0.4 is 0 Å². The minimum absolute atomic E-state index is 0.0430. The van der Waals surface area contributed by atoms with Gasteiger partial charge in [-0.05, 0) is 36.9 Å². The average Bonchev–Trinajstić information content (AvgIpc) is 2.80. The molecule has 3 rings (SSSR count). The first-order valence-electron chi connectivity index (χ1n) is 7.15. The quantitative estimate of drug-likeness (QED) is 0.943. The Labute approximate surface area is 122 Å². The molecule has 1 fully saturated rings. The number of hydrogen-bond acceptors (Lipinski definition) is 3. The third-order valence-corrected chi connectivity index (χ3v) is 3.99. The maximum atomic E-state index is 13.7. The molecule has 1 saturated heterocycles. The highest BCUT2D eigenvalue weighted by Gasteiger charge is 2.19. The van der Waals surface area contributed by atoms with Crippen molar-refractivity contribution in [3.05, 3.63) is 35.5 Å². The monoisotopic (exact) mass is 291 g/mol. The van der Waals surface area contributed by atoms with Gasteiger partial charge in [0, 0.05) is 19.3 Å². The fourth-order valence-corrected chi connectivity index (χ4v) is 3.05. The van der Waals surface area contributed by atoms with Gasteiger partial charge in [0.25, 0.3) is 0 Å². The van der Waals surface area contributed by atoms with E-state index in [1.807, 2.05) is 0 Å². The standard InChI is InChI=1S/C15H18FN3O2/c1-10-3-2-4-18(7-10)8-11-5-12(15(20)21)14-17-6-13(16)19(14)9-11/h5-6,9-10H,2-4,7-8H2,1H3,(H,20,21)/t10-/m0/s1. The van der Waals surface area contributed by atoms with Crippen LogP contribution in [0.2, 0.25) is 0 Å². The van der Waals surface area contributed by atoms with Crippen LogP contribution in [0.25, 0.3) is 5.65 Å². The number of carboxylic acids is 1. The van der Waals surface area contributed by atoms with Crippen molar-refractivity contribution in [1.29, 1.82) is 0 Å².